The lowest BCUT2D eigenvalue weighted by Gasteiger charge is -2.16. The fourth-order valence-corrected chi connectivity index (χ4v) is 2.97. The number of hydrazone groups is 1. The van der Waals surface area contributed by atoms with Gasteiger partial charge in [-0.3, -0.25) is 10.2 Å². The van der Waals surface area contributed by atoms with Crippen molar-refractivity contribution in [2.75, 3.05) is 30.9 Å². The average Bonchev–Trinajstić information content (AvgIpc) is 3.18. The third-order valence-electron chi connectivity index (χ3n) is 3.59. The van der Waals surface area contributed by atoms with Gasteiger partial charge in [0.05, 0.1) is 12.8 Å². The Morgan fingerprint density at radius 3 is 3.08 bits per heavy atom. The van der Waals surface area contributed by atoms with Gasteiger partial charge in [-0.1, -0.05) is 12.1 Å². The summed E-state index contributed by atoms with van der Waals surface area (Å²) in [6.07, 6.45) is 3.26. The monoisotopic (exact) mass is 345 g/mol. The van der Waals surface area contributed by atoms with Crippen LogP contribution in [-0.4, -0.2) is 41.7 Å². The predicted molar refractivity (Wildman–Crippen MR) is 95.5 cm³/mol. The lowest BCUT2D eigenvalue weighted by molar-refractivity contribution is -0.128. The molecule has 2 heterocycles. The fourth-order valence-electron chi connectivity index (χ4n) is 2.42. The fraction of sp³-hybridized carbons (Fsp3) is 0.312. The van der Waals surface area contributed by atoms with E-state index in [-0.39, 0.29) is 5.91 Å². The molecule has 0 unspecified atom stereocenters. The number of nitrogens with zero attached hydrogens (tertiary/aromatic N) is 3. The minimum absolute atomic E-state index is 0.209. The number of nitrogen functional groups attached to an aromatic ring is 1. The van der Waals surface area contributed by atoms with Gasteiger partial charge in [0.25, 0.3) is 0 Å². The number of likely N-dealkylation sites (tertiary alicyclic amines) is 1. The van der Waals surface area contributed by atoms with Crippen LogP contribution in [0.5, 0.6) is 5.75 Å². The molecule has 1 aliphatic heterocycles. The number of hydrogen-bond donors (Lipinski definition) is 2. The van der Waals surface area contributed by atoms with E-state index in [9.17, 15) is 4.79 Å². The molecule has 1 saturated heterocycles. The van der Waals surface area contributed by atoms with Crippen LogP contribution in [0, 0.1) is 0 Å². The van der Waals surface area contributed by atoms with E-state index in [2.05, 4.69) is 15.5 Å². The minimum Gasteiger partial charge on any atom is -0.491 e. The number of carbonyl (C=O) groups excluding carboxylic acids is 1. The Hall–Kier alpha value is -2.61. The van der Waals surface area contributed by atoms with Crippen LogP contribution in [0.1, 0.15) is 18.4 Å². The van der Waals surface area contributed by atoms with E-state index in [1.165, 1.54) is 11.3 Å². The summed E-state index contributed by atoms with van der Waals surface area (Å²) in [7, 11) is 0. The first-order chi connectivity index (χ1) is 11.7. The Kier molecular flexibility index (Phi) is 5.27. The highest BCUT2D eigenvalue weighted by Crippen LogP contribution is 2.18. The smallest absolute Gasteiger partial charge is 0.222 e. The highest BCUT2D eigenvalue weighted by atomic mass is 32.1. The van der Waals surface area contributed by atoms with Gasteiger partial charge in [-0.05, 0) is 18.6 Å². The third kappa shape index (κ3) is 4.23. The summed E-state index contributed by atoms with van der Waals surface area (Å²) in [5, 5.41) is 6.53. The molecule has 24 heavy (non-hydrogen) atoms. The minimum atomic E-state index is 0.209. The first kappa shape index (κ1) is 16.3. The summed E-state index contributed by atoms with van der Waals surface area (Å²) in [6.45, 7) is 1.90. The first-order valence-corrected chi connectivity index (χ1v) is 8.60. The number of benzene rings is 1. The van der Waals surface area contributed by atoms with Gasteiger partial charge in [0.15, 0.2) is 0 Å². The topological polar surface area (TPSA) is 92.8 Å². The van der Waals surface area contributed by atoms with Gasteiger partial charge in [-0.15, -0.1) is 11.3 Å². The second kappa shape index (κ2) is 7.78. The van der Waals surface area contributed by atoms with Crippen molar-refractivity contribution in [2.45, 2.75) is 12.8 Å². The lowest BCUT2D eigenvalue weighted by Crippen LogP contribution is -2.29. The molecule has 3 N–H and O–H groups in total. The number of para-hydroxylation sites is 1. The van der Waals surface area contributed by atoms with E-state index in [4.69, 9.17) is 10.5 Å². The van der Waals surface area contributed by atoms with Crippen molar-refractivity contribution < 1.29 is 9.53 Å². The van der Waals surface area contributed by atoms with Crippen LogP contribution in [0.4, 0.5) is 10.9 Å². The molecular weight excluding hydrogens is 326 g/mol. The Morgan fingerprint density at radius 2 is 2.33 bits per heavy atom. The van der Waals surface area contributed by atoms with Crippen LogP contribution in [0.15, 0.2) is 34.7 Å². The molecule has 0 spiro atoms. The highest BCUT2D eigenvalue weighted by molar-refractivity contribution is 7.14. The summed E-state index contributed by atoms with van der Waals surface area (Å²) in [6, 6.07) is 7.62. The molecule has 1 fully saturated rings. The second-order valence-corrected chi connectivity index (χ2v) is 6.18. The largest absolute Gasteiger partial charge is 0.491 e. The van der Waals surface area contributed by atoms with Crippen molar-refractivity contribution >= 4 is 34.4 Å². The summed E-state index contributed by atoms with van der Waals surface area (Å²) < 4.78 is 5.81. The number of hydrogen-bond acceptors (Lipinski definition) is 7. The van der Waals surface area contributed by atoms with Gasteiger partial charge in [0, 0.05) is 23.9 Å². The van der Waals surface area contributed by atoms with Crippen molar-refractivity contribution in [3.8, 4) is 5.75 Å². The van der Waals surface area contributed by atoms with Crippen LogP contribution >= 0.6 is 11.3 Å². The molecule has 7 nitrogen and oxygen atoms in total. The SMILES string of the molecule is Nc1csc(NN=Cc2ccccc2OCCN2CCCC2=O)n1. The molecule has 0 radical (unpaired) electrons. The maximum absolute atomic E-state index is 11.6. The lowest BCUT2D eigenvalue weighted by atomic mass is 10.2. The van der Waals surface area contributed by atoms with Crippen LogP contribution in [0.25, 0.3) is 0 Å². The van der Waals surface area contributed by atoms with Gasteiger partial charge >= 0.3 is 0 Å². The van der Waals surface area contributed by atoms with Crippen LogP contribution in [0.2, 0.25) is 0 Å². The van der Waals surface area contributed by atoms with Gasteiger partial charge < -0.3 is 15.4 Å². The number of amides is 1. The van der Waals surface area contributed by atoms with Gasteiger partial charge in [0.2, 0.25) is 11.0 Å². The van der Waals surface area contributed by atoms with Gasteiger partial charge in [-0.2, -0.15) is 5.10 Å². The van der Waals surface area contributed by atoms with Crippen molar-refractivity contribution in [3.05, 3.63) is 35.2 Å². The summed E-state index contributed by atoms with van der Waals surface area (Å²) in [5.41, 5.74) is 9.25. The number of thiazole rings is 1. The quantitative estimate of drug-likeness (QED) is 0.593. The number of nitrogens with two attached hydrogens (primary N) is 1. The number of anilines is 2. The first-order valence-electron chi connectivity index (χ1n) is 7.72. The number of carbonyl (C=O) groups is 1. The van der Waals surface area contributed by atoms with E-state index in [0.29, 0.717) is 30.5 Å². The standard InChI is InChI=1S/C16H19N5O2S/c17-14-11-24-16(19-14)20-18-10-12-4-1-2-5-13(12)23-9-8-21-7-3-6-15(21)22/h1-2,4-5,10-11H,3,6-9,17H2,(H,19,20). The second-order valence-electron chi connectivity index (χ2n) is 5.32. The molecular formula is C16H19N5O2S. The molecule has 8 heteroatoms. The molecule has 1 aliphatic rings. The zero-order chi connectivity index (χ0) is 16.8. The Labute approximate surface area is 144 Å². The zero-order valence-electron chi connectivity index (χ0n) is 13.1. The summed E-state index contributed by atoms with van der Waals surface area (Å²) in [4.78, 5) is 17.5. The Balaban J connectivity index is 1.55. The zero-order valence-corrected chi connectivity index (χ0v) is 14.0. The van der Waals surface area contributed by atoms with E-state index >= 15 is 0 Å². The molecule has 0 atom stereocenters. The van der Waals surface area contributed by atoms with E-state index in [1.807, 2.05) is 29.2 Å². The molecule has 3 rings (SSSR count). The highest BCUT2D eigenvalue weighted by Gasteiger charge is 2.19. The maximum atomic E-state index is 11.6. The molecule has 1 amide bonds. The molecule has 0 saturated carbocycles. The van der Waals surface area contributed by atoms with Gasteiger partial charge in [0.1, 0.15) is 18.2 Å². The Morgan fingerprint density at radius 1 is 1.46 bits per heavy atom. The van der Waals surface area contributed by atoms with Crippen LogP contribution in [-0.2, 0) is 4.79 Å². The normalized spacial score (nSPS) is 14.5. The number of aromatic nitrogens is 1. The van der Waals surface area contributed by atoms with E-state index in [0.717, 1.165) is 24.3 Å². The molecule has 0 aliphatic carbocycles. The Bertz CT molecular complexity index is 731. The summed E-state index contributed by atoms with van der Waals surface area (Å²) >= 11 is 1.39. The number of rotatable bonds is 7. The average molecular weight is 345 g/mol. The predicted octanol–water partition coefficient (Wildman–Crippen LogP) is 2.17. The number of ether oxygens (including phenoxy) is 1. The van der Waals surface area contributed by atoms with Crippen LogP contribution in [0.3, 0.4) is 0 Å². The van der Waals surface area contributed by atoms with E-state index in [1.54, 1.807) is 11.6 Å². The third-order valence-corrected chi connectivity index (χ3v) is 4.36. The maximum Gasteiger partial charge on any atom is 0.222 e. The van der Waals surface area contributed by atoms with Crippen molar-refractivity contribution in [2.24, 2.45) is 5.10 Å². The summed E-state index contributed by atoms with van der Waals surface area (Å²) in [5.74, 6) is 1.41. The molecule has 2 aromatic rings. The molecule has 126 valence electrons. The molecule has 1 aromatic heterocycles. The van der Waals surface area contributed by atoms with Crippen molar-refractivity contribution in [1.29, 1.82) is 0 Å². The van der Waals surface area contributed by atoms with Crippen LogP contribution < -0.4 is 15.9 Å². The van der Waals surface area contributed by atoms with Crippen molar-refractivity contribution in [3.63, 3.8) is 0 Å². The van der Waals surface area contributed by atoms with E-state index < -0.39 is 0 Å². The molecule has 0 bridgehead atoms. The van der Waals surface area contributed by atoms with Gasteiger partial charge in [-0.25, -0.2) is 4.98 Å². The number of nitrogens with one attached hydrogen (secondary N) is 1. The van der Waals surface area contributed by atoms with Crippen molar-refractivity contribution in [1.82, 2.24) is 9.88 Å². The molecule has 1 aromatic carbocycles.